The molecule has 6 nitrogen and oxygen atoms in total. The molecule has 0 atom stereocenters. The van der Waals surface area contributed by atoms with E-state index in [-0.39, 0.29) is 15.6 Å². The second-order valence-corrected chi connectivity index (χ2v) is 10.1. The number of benzene rings is 3. The SMILES string of the molecule is Cc1ccc(Cn2cc(/C=C3\SC(=O)N(CC(=O)Nc4ccc(F)c(Cl)c4)C3=O)c3ccccc32)cc1. The third kappa shape index (κ3) is 5.30. The number of halogens is 2. The van der Waals surface area contributed by atoms with E-state index in [4.69, 9.17) is 11.6 Å². The van der Waals surface area contributed by atoms with Crippen LogP contribution in [0.25, 0.3) is 17.0 Å². The Labute approximate surface area is 221 Å². The summed E-state index contributed by atoms with van der Waals surface area (Å²) in [5, 5.41) is 2.80. The molecule has 0 radical (unpaired) electrons. The van der Waals surface area contributed by atoms with E-state index in [1.54, 1.807) is 6.08 Å². The van der Waals surface area contributed by atoms with Gasteiger partial charge < -0.3 is 9.88 Å². The van der Waals surface area contributed by atoms with Gasteiger partial charge in [0.15, 0.2) is 0 Å². The molecule has 1 saturated heterocycles. The van der Waals surface area contributed by atoms with Crippen LogP contribution in [0.2, 0.25) is 5.02 Å². The molecule has 1 aliphatic rings. The first kappa shape index (κ1) is 24.8. The molecule has 5 rings (SSSR count). The number of carbonyl (C=O) groups excluding carboxylic acids is 3. The van der Waals surface area contributed by atoms with Crippen molar-refractivity contribution >= 4 is 63.1 Å². The smallest absolute Gasteiger partial charge is 0.294 e. The molecule has 3 amide bonds. The molecule has 1 N–H and O–H groups in total. The molecular weight excluding hydrogens is 513 g/mol. The van der Waals surface area contributed by atoms with Gasteiger partial charge in [0, 0.05) is 34.9 Å². The highest BCUT2D eigenvalue weighted by molar-refractivity contribution is 8.18. The number of fused-ring (bicyclic) bond motifs is 1. The van der Waals surface area contributed by atoms with Crippen molar-refractivity contribution in [2.45, 2.75) is 13.5 Å². The molecule has 4 aromatic rings. The number of aromatic nitrogens is 1. The van der Waals surface area contributed by atoms with Crippen molar-refractivity contribution in [3.63, 3.8) is 0 Å². The minimum absolute atomic E-state index is 0.145. The van der Waals surface area contributed by atoms with Gasteiger partial charge in [0.1, 0.15) is 12.4 Å². The predicted molar refractivity (Wildman–Crippen MR) is 145 cm³/mol. The van der Waals surface area contributed by atoms with Crippen molar-refractivity contribution in [3.05, 3.63) is 105 Å². The van der Waals surface area contributed by atoms with Crippen LogP contribution in [-0.4, -0.2) is 33.1 Å². The highest BCUT2D eigenvalue weighted by atomic mass is 35.5. The summed E-state index contributed by atoms with van der Waals surface area (Å²) in [6.07, 6.45) is 3.65. The van der Waals surface area contributed by atoms with Crippen molar-refractivity contribution in [3.8, 4) is 0 Å². The maximum absolute atomic E-state index is 13.4. The minimum atomic E-state index is -0.615. The minimum Gasteiger partial charge on any atom is -0.342 e. The molecule has 1 aromatic heterocycles. The Kier molecular flexibility index (Phi) is 6.86. The van der Waals surface area contributed by atoms with Gasteiger partial charge in [-0.25, -0.2) is 4.39 Å². The van der Waals surface area contributed by atoms with E-state index in [1.807, 2.05) is 37.4 Å². The lowest BCUT2D eigenvalue weighted by Gasteiger charge is -2.12. The number of aryl methyl sites for hydroxylation is 1. The lowest BCUT2D eigenvalue weighted by Crippen LogP contribution is -2.36. The number of carbonyl (C=O) groups is 3. The number of nitrogens with zero attached hydrogens (tertiary/aromatic N) is 2. The summed E-state index contributed by atoms with van der Waals surface area (Å²) < 4.78 is 15.5. The first-order valence-electron chi connectivity index (χ1n) is 11.4. The zero-order valence-electron chi connectivity index (χ0n) is 19.7. The number of amides is 3. The summed E-state index contributed by atoms with van der Waals surface area (Å²) in [5.74, 6) is -1.76. The fourth-order valence-electron chi connectivity index (χ4n) is 4.11. The first-order valence-corrected chi connectivity index (χ1v) is 12.6. The third-order valence-corrected chi connectivity index (χ3v) is 7.16. The molecule has 2 heterocycles. The molecule has 0 unspecified atom stereocenters. The average Bonchev–Trinajstić information content (AvgIpc) is 3.35. The normalized spacial score (nSPS) is 14.7. The second kappa shape index (κ2) is 10.2. The van der Waals surface area contributed by atoms with Crippen LogP contribution in [0.3, 0.4) is 0 Å². The highest BCUT2D eigenvalue weighted by Crippen LogP contribution is 2.34. The van der Waals surface area contributed by atoms with Crippen molar-refractivity contribution < 1.29 is 18.8 Å². The van der Waals surface area contributed by atoms with E-state index in [0.717, 1.165) is 44.8 Å². The van der Waals surface area contributed by atoms with Crippen molar-refractivity contribution in [2.24, 2.45) is 0 Å². The molecule has 0 bridgehead atoms. The Hall–Kier alpha value is -3.88. The van der Waals surface area contributed by atoms with E-state index in [1.165, 1.54) is 17.7 Å². The van der Waals surface area contributed by atoms with Gasteiger partial charge in [0.05, 0.1) is 9.93 Å². The van der Waals surface area contributed by atoms with Gasteiger partial charge in [-0.1, -0.05) is 59.6 Å². The van der Waals surface area contributed by atoms with Crippen LogP contribution >= 0.6 is 23.4 Å². The number of para-hydroxylation sites is 1. The largest absolute Gasteiger partial charge is 0.342 e. The fraction of sp³-hybridized carbons (Fsp3) is 0.107. The summed E-state index contributed by atoms with van der Waals surface area (Å²) >= 11 is 6.54. The Bertz CT molecular complexity index is 1580. The summed E-state index contributed by atoms with van der Waals surface area (Å²) in [6.45, 7) is 2.23. The molecule has 37 heavy (non-hydrogen) atoms. The van der Waals surface area contributed by atoms with Gasteiger partial charge in [-0.05, 0) is 54.6 Å². The van der Waals surface area contributed by atoms with Gasteiger partial charge in [-0.15, -0.1) is 0 Å². The van der Waals surface area contributed by atoms with E-state index >= 15 is 0 Å². The zero-order chi connectivity index (χ0) is 26.1. The molecular formula is C28H21ClFN3O3S. The monoisotopic (exact) mass is 533 g/mol. The van der Waals surface area contributed by atoms with E-state index in [9.17, 15) is 18.8 Å². The van der Waals surface area contributed by atoms with E-state index in [0.29, 0.717) is 6.54 Å². The lowest BCUT2D eigenvalue weighted by molar-refractivity contribution is -0.127. The standard InChI is InChI=1S/C28H21ClFN3O3S/c1-17-6-8-18(9-7-17)14-32-15-19(21-4-2-3-5-24(21)32)12-25-27(35)33(28(36)37-25)16-26(34)31-20-10-11-23(30)22(29)13-20/h2-13,15H,14,16H2,1H3,(H,31,34)/b25-12-. The Morgan fingerprint density at radius 2 is 1.84 bits per heavy atom. The van der Waals surface area contributed by atoms with Crippen LogP contribution in [0, 0.1) is 12.7 Å². The molecule has 3 aromatic carbocycles. The van der Waals surface area contributed by atoms with Crippen LogP contribution < -0.4 is 5.32 Å². The van der Waals surface area contributed by atoms with Crippen LogP contribution in [0.4, 0.5) is 14.9 Å². The molecule has 1 aliphatic heterocycles. The predicted octanol–water partition coefficient (Wildman–Crippen LogP) is 6.47. The summed E-state index contributed by atoms with van der Waals surface area (Å²) in [6, 6.07) is 19.9. The van der Waals surface area contributed by atoms with Gasteiger partial charge in [0.2, 0.25) is 5.91 Å². The van der Waals surface area contributed by atoms with Crippen LogP contribution in [0.1, 0.15) is 16.7 Å². The van der Waals surface area contributed by atoms with Crippen LogP contribution in [-0.2, 0) is 16.1 Å². The van der Waals surface area contributed by atoms with Crippen molar-refractivity contribution in [1.29, 1.82) is 0 Å². The number of hydrogen-bond acceptors (Lipinski definition) is 4. The van der Waals surface area contributed by atoms with Crippen molar-refractivity contribution in [2.75, 3.05) is 11.9 Å². The summed E-state index contributed by atoms with van der Waals surface area (Å²) in [7, 11) is 0. The summed E-state index contributed by atoms with van der Waals surface area (Å²) in [5.41, 5.74) is 4.41. The Morgan fingerprint density at radius 3 is 2.59 bits per heavy atom. The number of thioether (sulfide) groups is 1. The second-order valence-electron chi connectivity index (χ2n) is 8.66. The van der Waals surface area contributed by atoms with Gasteiger partial charge in [-0.2, -0.15) is 0 Å². The highest BCUT2D eigenvalue weighted by Gasteiger charge is 2.36. The first-order chi connectivity index (χ1) is 17.8. The average molecular weight is 534 g/mol. The molecule has 0 aliphatic carbocycles. The fourth-order valence-corrected chi connectivity index (χ4v) is 5.12. The molecule has 186 valence electrons. The number of nitrogens with one attached hydrogen (secondary N) is 1. The maximum Gasteiger partial charge on any atom is 0.294 e. The lowest BCUT2D eigenvalue weighted by atomic mass is 10.1. The van der Waals surface area contributed by atoms with Crippen LogP contribution in [0.15, 0.2) is 77.8 Å². The number of imide groups is 1. The Balaban J connectivity index is 1.36. The molecule has 0 spiro atoms. The number of rotatable bonds is 6. The molecule has 0 saturated carbocycles. The maximum atomic E-state index is 13.4. The van der Waals surface area contributed by atoms with Gasteiger partial charge >= 0.3 is 0 Å². The molecule has 9 heteroatoms. The topological polar surface area (TPSA) is 71.4 Å². The van der Waals surface area contributed by atoms with E-state index < -0.39 is 29.4 Å². The van der Waals surface area contributed by atoms with Crippen molar-refractivity contribution in [1.82, 2.24) is 9.47 Å². The molecule has 1 fully saturated rings. The van der Waals surface area contributed by atoms with Gasteiger partial charge in [-0.3, -0.25) is 19.3 Å². The quantitative estimate of drug-likeness (QED) is 0.288. The van der Waals surface area contributed by atoms with Gasteiger partial charge in [0.25, 0.3) is 11.1 Å². The summed E-state index contributed by atoms with van der Waals surface area (Å²) in [4.78, 5) is 39.2. The number of hydrogen-bond donors (Lipinski definition) is 1. The van der Waals surface area contributed by atoms with E-state index in [2.05, 4.69) is 34.1 Å². The zero-order valence-corrected chi connectivity index (χ0v) is 21.3. The third-order valence-electron chi connectivity index (χ3n) is 5.96. The Morgan fingerprint density at radius 1 is 1.08 bits per heavy atom. The number of anilines is 1. The van der Waals surface area contributed by atoms with Crippen LogP contribution in [0.5, 0.6) is 0 Å².